The van der Waals surface area contributed by atoms with E-state index in [9.17, 15) is 8.42 Å². The van der Waals surface area contributed by atoms with Crippen LogP contribution in [-0.4, -0.2) is 20.5 Å². The maximum absolute atomic E-state index is 12.5. The minimum atomic E-state index is -3.53. The van der Waals surface area contributed by atoms with E-state index in [0.717, 1.165) is 18.4 Å². The zero-order valence-electron chi connectivity index (χ0n) is 13.7. The molecule has 0 spiro atoms. The van der Waals surface area contributed by atoms with Crippen molar-refractivity contribution in [2.75, 3.05) is 6.54 Å². The molecule has 0 amide bonds. The SMILES string of the molecule is CC(C)(C)c1ccc(S(=O)(=O)NC(C)(CN)C2CC2)cc1.Cl. The maximum atomic E-state index is 12.5. The highest BCUT2D eigenvalue weighted by molar-refractivity contribution is 7.89. The Balaban J connectivity index is 0.00000242. The Kier molecular flexibility index (Phi) is 5.72. The van der Waals surface area contributed by atoms with E-state index in [1.807, 2.05) is 19.1 Å². The minimum Gasteiger partial charge on any atom is -0.329 e. The molecule has 1 saturated carbocycles. The van der Waals surface area contributed by atoms with Gasteiger partial charge in [-0.15, -0.1) is 12.4 Å². The van der Waals surface area contributed by atoms with Gasteiger partial charge in [0.1, 0.15) is 0 Å². The fourth-order valence-corrected chi connectivity index (χ4v) is 3.99. The summed E-state index contributed by atoms with van der Waals surface area (Å²) in [5.74, 6) is 0.353. The van der Waals surface area contributed by atoms with Crippen LogP contribution in [0.1, 0.15) is 46.1 Å². The standard InChI is InChI=1S/C16H26N2O2S.ClH/c1-15(2,3)12-7-9-14(10-8-12)21(19,20)18-16(4,11-17)13-5-6-13;/h7-10,13,18H,5-6,11,17H2,1-4H3;1H. The van der Waals surface area contributed by atoms with Gasteiger partial charge in [-0.1, -0.05) is 32.9 Å². The molecule has 1 aromatic carbocycles. The lowest BCUT2D eigenvalue weighted by atomic mass is 9.87. The lowest BCUT2D eigenvalue weighted by molar-refractivity contribution is 0.374. The van der Waals surface area contributed by atoms with Crippen molar-refractivity contribution in [3.05, 3.63) is 29.8 Å². The second-order valence-corrected chi connectivity index (χ2v) is 8.96. The van der Waals surface area contributed by atoms with Crippen LogP contribution in [0.4, 0.5) is 0 Å². The second kappa shape index (κ2) is 6.48. The molecule has 0 bridgehead atoms. The first-order valence-electron chi connectivity index (χ1n) is 7.43. The average molecular weight is 347 g/mol. The molecule has 6 heteroatoms. The molecule has 22 heavy (non-hydrogen) atoms. The highest BCUT2D eigenvalue weighted by Crippen LogP contribution is 2.39. The molecule has 1 unspecified atom stereocenters. The van der Waals surface area contributed by atoms with Gasteiger partial charge in [0.2, 0.25) is 10.0 Å². The van der Waals surface area contributed by atoms with Crippen molar-refractivity contribution in [1.82, 2.24) is 4.72 Å². The Hall–Kier alpha value is -0.620. The maximum Gasteiger partial charge on any atom is 0.241 e. The third kappa shape index (κ3) is 4.22. The quantitative estimate of drug-likeness (QED) is 0.861. The Bertz CT molecular complexity index is 604. The van der Waals surface area contributed by atoms with E-state index >= 15 is 0 Å². The highest BCUT2D eigenvalue weighted by Gasteiger charge is 2.43. The Labute approximate surface area is 140 Å². The van der Waals surface area contributed by atoms with Crippen molar-refractivity contribution in [3.8, 4) is 0 Å². The molecule has 2 rings (SSSR count). The summed E-state index contributed by atoms with van der Waals surface area (Å²) in [6.45, 7) is 8.52. The van der Waals surface area contributed by atoms with Gasteiger partial charge in [0.25, 0.3) is 0 Å². The zero-order valence-corrected chi connectivity index (χ0v) is 15.4. The van der Waals surface area contributed by atoms with Crippen molar-refractivity contribution >= 4 is 22.4 Å². The van der Waals surface area contributed by atoms with Gasteiger partial charge in [-0.05, 0) is 48.8 Å². The van der Waals surface area contributed by atoms with E-state index in [-0.39, 0.29) is 17.8 Å². The molecule has 1 aliphatic rings. The van der Waals surface area contributed by atoms with Crippen LogP contribution in [0.5, 0.6) is 0 Å². The third-order valence-corrected chi connectivity index (χ3v) is 5.93. The smallest absolute Gasteiger partial charge is 0.241 e. The number of nitrogens with two attached hydrogens (primary N) is 1. The molecular formula is C16H27ClN2O2S. The number of benzene rings is 1. The number of halogens is 1. The van der Waals surface area contributed by atoms with Crippen molar-refractivity contribution in [3.63, 3.8) is 0 Å². The monoisotopic (exact) mass is 346 g/mol. The second-order valence-electron chi connectivity index (χ2n) is 7.28. The summed E-state index contributed by atoms with van der Waals surface area (Å²) < 4.78 is 27.9. The summed E-state index contributed by atoms with van der Waals surface area (Å²) in [7, 11) is -3.53. The van der Waals surface area contributed by atoms with Gasteiger partial charge in [-0.25, -0.2) is 13.1 Å². The van der Waals surface area contributed by atoms with Gasteiger partial charge in [0, 0.05) is 12.1 Å². The van der Waals surface area contributed by atoms with Crippen molar-refractivity contribution in [2.45, 2.75) is 56.4 Å². The molecule has 0 heterocycles. The first-order chi connectivity index (χ1) is 9.58. The summed E-state index contributed by atoms with van der Waals surface area (Å²) in [4.78, 5) is 0.302. The molecule has 1 aliphatic carbocycles. The van der Waals surface area contributed by atoms with Gasteiger partial charge in [0.15, 0.2) is 0 Å². The third-order valence-electron chi connectivity index (χ3n) is 4.30. The first kappa shape index (κ1) is 19.4. The predicted molar refractivity (Wildman–Crippen MR) is 92.9 cm³/mol. The van der Waals surface area contributed by atoms with Crippen LogP contribution in [0.25, 0.3) is 0 Å². The largest absolute Gasteiger partial charge is 0.329 e. The van der Waals surface area contributed by atoms with E-state index < -0.39 is 15.6 Å². The van der Waals surface area contributed by atoms with Crippen molar-refractivity contribution in [2.24, 2.45) is 11.7 Å². The van der Waals surface area contributed by atoms with Crippen molar-refractivity contribution < 1.29 is 8.42 Å². The number of rotatable bonds is 5. The van der Waals surface area contributed by atoms with Gasteiger partial charge < -0.3 is 5.73 Å². The number of hydrogen-bond acceptors (Lipinski definition) is 3. The van der Waals surface area contributed by atoms with Gasteiger partial charge in [-0.3, -0.25) is 0 Å². The molecule has 1 aromatic rings. The molecule has 4 nitrogen and oxygen atoms in total. The molecule has 3 N–H and O–H groups in total. The first-order valence-corrected chi connectivity index (χ1v) is 8.91. The Morgan fingerprint density at radius 2 is 1.64 bits per heavy atom. The van der Waals surface area contributed by atoms with Crippen LogP contribution >= 0.6 is 12.4 Å². The van der Waals surface area contributed by atoms with Crippen LogP contribution in [0, 0.1) is 5.92 Å². The van der Waals surface area contributed by atoms with Crippen LogP contribution < -0.4 is 10.5 Å². The molecule has 1 fully saturated rings. The molecule has 0 aromatic heterocycles. The van der Waals surface area contributed by atoms with Crippen LogP contribution in [0.2, 0.25) is 0 Å². The molecule has 0 radical (unpaired) electrons. The van der Waals surface area contributed by atoms with E-state index in [2.05, 4.69) is 25.5 Å². The molecule has 1 atom stereocenters. The molecule has 126 valence electrons. The molecular weight excluding hydrogens is 320 g/mol. The van der Waals surface area contributed by atoms with Gasteiger partial charge in [0.05, 0.1) is 4.90 Å². The summed E-state index contributed by atoms with van der Waals surface area (Å²) in [6, 6.07) is 7.11. The summed E-state index contributed by atoms with van der Waals surface area (Å²) in [6.07, 6.45) is 2.08. The van der Waals surface area contributed by atoms with Crippen molar-refractivity contribution in [1.29, 1.82) is 0 Å². The fraction of sp³-hybridized carbons (Fsp3) is 0.625. The minimum absolute atomic E-state index is 0. The van der Waals surface area contributed by atoms with Crippen LogP contribution in [-0.2, 0) is 15.4 Å². The van der Waals surface area contributed by atoms with E-state index in [1.165, 1.54) is 0 Å². The normalized spacial score (nSPS) is 18.4. The van der Waals surface area contributed by atoms with E-state index in [0.29, 0.717) is 17.4 Å². The van der Waals surface area contributed by atoms with Gasteiger partial charge >= 0.3 is 0 Å². The Morgan fingerprint density at radius 1 is 1.14 bits per heavy atom. The van der Waals surface area contributed by atoms with E-state index in [4.69, 9.17) is 5.73 Å². The lowest BCUT2D eigenvalue weighted by Gasteiger charge is -2.29. The van der Waals surface area contributed by atoms with Gasteiger partial charge in [-0.2, -0.15) is 0 Å². The number of sulfonamides is 1. The topological polar surface area (TPSA) is 72.2 Å². The zero-order chi connectivity index (χ0) is 15.9. The Morgan fingerprint density at radius 3 is 2.00 bits per heavy atom. The lowest BCUT2D eigenvalue weighted by Crippen LogP contribution is -2.52. The fourth-order valence-electron chi connectivity index (χ4n) is 2.51. The average Bonchev–Trinajstić information content (AvgIpc) is 3.22. The number of nitrogens with one attached hydrogen (secondary N) is 1. The molecule has 0 aliphatic heterocycles. The highest BCUT2D eigenvalue weighted by atomic mass is 35.5. The predicted octanol–water partition coefficient (Wildman–Crippen LogP) is 2.81. The van der Waals surface area contributed by atoms with Crippen LogP contribution in [0.3, 0.4) is 0 Å². The van der Waals surface area contributed by atoms with Crippen LogP contribution in [0.15, 0.2) is 29.2 Å². The van der Waals surface area contributed by atoms with E-state index in [1.54, 1.807) is 12.1 Å². The summed E-state index contributed by atoms with van der Waals surface area (Å²) in [5, 5.41) is 0. The summed E-state index contributed by atoms with van der Waals surface area (Å²) in [5.41, 5.74) is 6.37. The molecule has 0 saturated heterocycles. The summed E-state index contributed by atoms with van der Waals surface area (Å²) >= 11 is 0. The number of hydrogen-bond donors (Lipinski definition) is 2.